The summed E-state index contributed by atoms with van der Waals surface area (Å²) in [7, 11) is 1.24. The van der Waals surface area contributed by atoms with Gasteiger partial charge in [-0.3, -0.25) is 14.4 Å². The lowest BCUT2D eigenvalue weighted by Crippen LogP contribution is -2.51. The van der Waals surface area contributed by atoms with E-state index in [2.05, 4.69) is 10.6 Å². The standard InChI is InChI=1S/C28H31Cl2N3O5S/c1-38-28(37)21(16-31-17-22(34)18-6-4-3-5-7-18)32-27(36)20-12-14-33(15-13-20)24(35)11-9-19-8-10-23(39-2)26(30)25(19)29/h3-11,20-21,31H,12-17H2,1-2H3,(H,32,36). The van der Waals surface area contributed by atoms with Gasteiger partial charge in [0.2, 0.25) is 11.8 Å². The molecule has 2 N–H and O–H groups in total. The molecule has 1 heterocycles. The average molecular weight is 593 g/mol. The summed E-state index contributed by atoms with van der Waals surface area (Å²) in [5.74, 6) is -1.57. The number of esters is 1. The number of amides is 2. The summed E-state index contributed by atoms with van der Waals surface area (Å²) in [6, 6.07) is 11.5. The van der Waals surface area contributed by atoms with Gasteiger partial charge in [0.1, 0.15) is 6.04 Å². The van der Waals surface area contributed by atoms with Crippen molar-refractivity contribution >= 4 is 64.6 Å². The minimum Gasteiger partial charge on any atom is -0.467 e. The summed E-state index contributed by atoms with van der Waals surface area (Å²) in [6.45, 7) is 0.853. The fraction of sp³-hybridized carbons (Fsp3) is 0.357. The van der Waals surface area contributed by atoms with Gasteiger partial charge in [-0.25, -0.2) is 4.79 Å². The minimum absolute atomic E-state index is 0.0144. The zero-order valence-corrected chi connectivity index (χ0v) is 24.1. The van der Waals surface area contributed by atoms with Gasteiger partial charge in [-0.15, -0.1) is 11.8 Å². The van der Waals surface area contributed by atoms with Crippen molar-refractivity contribution < 1.29 is 23.9 Å². The number of piperidine rings is 1. The molecule has 1 fully saturated rings. The number of nitrogens with zero attached hydrogens (tertiary/aromatic N) is 1. The first-order valence-corrected chi connectivity index (χ1v) is 14.4. The van der Waals surface area contributed by atoms with E-state index in [1.54, 1.807) is 35.2 Å². The number of ketones is 1. The van der Waals surface area contributed by atoms with Crippen LogP contribution in [-0.2, 0) is 19.1 Å². The van der Waals surface area contributed by atoms with Gasteiger partial charge in [0.25, 0.3) is 0 Å². The Morgan fingerprint density at radius 1 is 1.08 bits per heavy atom. The third-order valence-corrected chi connectivity index (χ3v) is 8.20. The molecule has 2 aromatic carbocycles. The lowest BCUT2D eigenvalue weighted by molar-refractivity contribution is -0.145. The van der Waals surface area contributed by atoms with Crippen molar-refractivity contribution in [1.82, 2.24) is 15.5 Å². The Morgan fingerprint density at radius 2 is 1.77 bits per heavy atom. The summed E-state index contributed by atoms with van der Waals surface area (Å²) in [5.41, 5.74) is 1.20. The number of hydrogen-bond acceptors (Lipinski definition) is 7. The zero-order valence-electron chi connectivity index (χ0n) is 21.7. The third-order valence-electron chi connectivity index (χ3n) is 6.41. The molecular weight excluding hydrogens is 561 g/mol. The van der Waals surface area contributed by atoms with Crippen LogP contribution in [0.1, 0.15) is 28.8 Å². The number of thioether (sulfide) groups is 1. The van der Waals surface area contributed by atoms with Crippen LogP contribution in [0, 0.1) is 5.92 Å². The number of methoxy groups -OCH3 is 1. The average Bonchev–Trinajstić information content (AvgIpc) is 2.97. The van der Waals surface area contributed by atoms with Crippen LogP contribution < -0.4 is 10.6 Å². The van der Waals surface area contributed by atoms with Gasteiger partial charge in [-0.1, -0.05) is 59.6 Å². The molecule has 3 rings (SSSR count). The maximum absolute atomic E-state index is 12.9. The first kappa shape index (κ1) is 30.7. The topological polar surface area (TPSA) is 105 Å². The number of Topliss-reactive ketones (excluding diaryl/α,β-unsaturated/α-hetero) is 1. The molecular formula is C28H31Cl2N3O5S. The van der Waals surface area contributed by atoms with Gasteiger partial charge >= 0.3 is 5.97 Å². The summed E-state index contributed by atoms with van der Waals surface area (Å²) in [6.07, 6.45) is 5.90. The van der Waals surface area contributed by atoms with Gasteiger partial charge in [-0.05, 0) is 36.8 Å². The third kappa shape index (κ3) is 8.57. The fourth-order valence-corrected chi connectivity index (χ4v) is 5.32. The Morgan fingerprint density at radius 3 is 2.41 bits per heavy atom. The quantitative estimate of drug-likeness (QED) is 0.175. The molecule has 208 valence electrons. The number of halogens is 2. The highest BCUT2D eigenvalue weighted by atomic mass is 35.5. The largest absolute Gasteiger partial charge is 0.467 e. The number of rotatable bonds is 11. The molecule has 8 nitrogen and oxygen atoms in total. The van der Waals surface area contributed by atoms with E-state index in [0.717, 1.165) is 4.90 Å². The summed E-state index contributed by atoms with van der Waals surface area (Å²) in [4.78, 5) is 52.7. The van der Waals surface area contributed by atoms with Gasteiger partial charge in [0, 0.05) is 42.1 Å². The molecule has 1 aliphatic heterocycles. The molecule has 2 amide bonds. The van der Waals surface area contributed by atoms with Crippen molar-refractivity contribution in [1.29, 1.82) is 0 Å². The van der Waals surface area contributed by atoms with E-state index in [1.807, 2.05) is 24.5 Å². The van der Waals surface area contributed by atoms with Crippen LogP contribution in [0.5, 0.6) is 0 Å². The molecule has 11 heteroatoms. The van der Waals surface area contributed by atoms with Crippen LogP contribution in [0.4, 0.5) is 0 Å². The first-order chi connectivity index (χ1) is 18.7. The smallest absolute Gasteiger partial charge is 0.329 e. The molecule has 0 radical (unpaired) electrons. The first-order valence-electron chi connectivity index (χ1n) is 12.4. The van der Waals surface area contributed by atoms with E-state index in [9.17, 15) is 19.2 Å². The van der Waals surface area contributed by atoms with Crippen LogP contribution in [0.25, 0.3) is 6.08 Å². The maximum atomic E-state index is 12.9. The molecule has 1 aliphatic rings. The Labute approximate surface area is 242 Å². The molecule has 0 spiro atoms. The van der Waals surface area contributed by atoms with Crippen LogP contribution in [0.3, 0.4) is 0 Å². The number of likely N-dealkylation sites (tertiary alicyclic amines) is 1. The van der Waals surface area contributed by atoms with Gasteiger partial charge in [-0.2, -0.15) is 0 Å². The number of hydrogen-bond donors (Lipinski definition) is 2. The van der Waals surface area contributed by atoms with E-state index >= 15 is 0 Å². The molecule has 0 bridgehead atoms. The zero-order chi connectivity index (χ0) is 28.4. The maximum Gasteiger partial charge on any atom is 0.329 e. The molecule has 0 aromatic heterocycles. The molecule has 1 saturated heterocycles. The number of ether oxygens (including phenoxy) is 1. The minimum atomic E-state index is -0.942. The Bertz CT molecular complexity index is 1220. The SMILES string of the molecule is COC(=O)C(CNCC(=O)c1ccccc1)NC(=O)C1CCN(C(=O)C=Cc2ccc(SC)c(Cl)c2Cl)CC1. The van der Waals surface area contributed by atoms with Gasteiger partial charge < -0.3 is 20.3 Å². The Kier molecular flexibility index (Phi) is 11.9. The number of benzene rings is 2. The monoisotopic (exact) mass is 591 g/mol. The predicted octanol–water partition coefficient (Wildman–Crippen LogP) is 4.10. The second-order valence-corrected chi connectivity index (χ2v) is 10.5. The van der Waals surface area contributed by atoms with Crippen molar-refractivity contribution in [2.75, 3.05) is 39.5 Å². The van der Waals surface area contributed by atoms with Gasteiger partial charge in [0.05, 0.1) is 23.7 Å². The normalized spacial score (nSPS) is 14.7. The fourth-order valence-electron chi connectivity index (χ4n) is 4.14. The Hall–Kier alpha value is -2.85. The van der Waals surface area contributed by atoms with Crippen molar-refractivity contribution in [2.45, 2.75) is 23.8 Å². The lowest BCUT2D eigenvalue weighted by Gasteiger charge is -2.31. The lowest BCUT2D eigenvalue weighted by atomic mass is 9.95. The van der Waals surface area contributed by atoms with Crippen molar-refractivity contribution in [3.63, 3.8) is 0 Å². The summed E-state index contributed by atoms with van der Waals surface area (Å²) in [5, 5.41) is 6.50. The van der Waals surface area contributed by atoms with Crippen LogP contribution in [-0.4, -0.2) is 74.1 Å². The molecule has 0 aliphatic carbocycles. The molecule has 39 heavy (non-hydrogen) atoms. The number of carbonyl (C=O) groups excluding carboxylic acids is 4. The van der Waals surface area contributed by atoms with Crippen LogP contribution in [0.15, 0.2) is 53.4 Å². The molecule has 0 saturated carbocycles. The van der Waals surface area contributed by atoms with E-state index in [1.165, 1.54) is 24.9 Å². The molecule has 1 atom stereocenters. The second kappa shape index (κ2) is 15.1. The predicted molar refractivity (Wildman–Crippen MR) is 154 cm³/mol. The number of carbonyl (C=O) groups is 4. The summed E-state index contributed by atoms with van der Waals surface area (Å²) >= 11 is 14.1. The van der Waals surface area contributed by atoms with E-state index in [0.29, 0.717) is 47.1 Å². The Balaban J connectivity index is 1.49. The highest BCUT2D eigenvalue weighted by Crippen LogP contribution is 2.35. The van der Waals surface area contributed by atoms with Crippen molar-refractivity contribution in [3.05, 3.63) is 69.7 Å². The van der Waals surface area contributed by atoms with Crippen molar-refractivity contribution in [3.8, 4) is 0 Å². The van der Waals surface area contributed by atoms with Crippen LogP contribution in [0.2, 0.25) is 10.0 Å². The van der Waals surface area contributed by atoms with Crippen LogP contribution >= 0.6 is 35.0 Å². The van der Waals surface area contributed by atoms with E-state index < -0.39 is 12.0 Å². The highest BCUT2D eigenvalue weighted by molar-refractivity contribution is 7.98. The van der Waals surface area contributed by atoms with Gasteiger partial charge in [0.15, 0.2) is 5.78 Å². The summed E-state index contributed by atoms with van der Waals surface area (Å²) < 4.78 is 4.83. The molecule has 1 unspecified atom stereocenters. The van der Waals surface area contributed by atoms with E-state index in [4.69, 9.17) is 27.9 Å². The highest BCUT2D eigenvalue weighted by Gasteiger charge is 2.30. The van der Waals surface area contributed by atoms with E-state index in [-0.39, 0.29) is 36.6 Å². The second-order valence-electron chi connectivity index (χ2n) is 8.92. The number of nitrogens with one attached hydrogen (secondary N) is 2. The van der Waals surface area contributed by atoms with Crippen molar-refractivity contribution in [2.24, 2.45) is 5.92 Å². The molecule has 2 aromatic rings.